The number of ether oxygens (including phenoxy) is 2. The molecular weight excluding hydrogens is 1340 g/mol. The van der Waals surface area contributed by atoms with Gasteiger partial charge in [-0.15, -0.1) is 0 Å². The maximum absolute atomic E-state index is 15.7. The first kappa shape index (κ1) is 85.9. The molecule has 4 aliphatic rings. The smallest absolute Gasteiger partial charge is 0.248 e. The average molecular weight is 1470 g/mol. The third-order valence-corrected chi connectivity index (χ3v) is 20.8. The van der Waals surface area contributed by atoms with Crippen LogP contribution in [0, 0.1) is 23.7 Å². The minimum Gasteiger partial charge on any atom is -0.391 e. The molecule has 0 saturated carbocycles. The minimum absolute atomic E-state index is 0.000419. The van der Waals surface area contributed by atoms with E-state index in [4.69, 9.17) is 9.47 Å². The molecule has 4 aliphatic heterocycles. The fraction of sp³-hybridized carbons (Fsp3) is 0.692. The molecule has 27 nitrogen and oxygen atoms in total. The standard InChI is InChI=1S/C78H122N12O15/c1-20-104-54-43-62-74(100)87(19)66(50(8)9)69(95)81-64(51(10)91)77(103)82(14)58(42-53-33-26-22-27-34-53)67(93)79-55(41-52-31-24-21-25-32-52)70(96)83(15)59(39-47(2)3)73(99)85(17)61(75(101)88-36-28-23-29-37-88)44-63(92)89-38-30-35-57(89)72(98)86(18)65(49(6)7)68(94)80-56(46-105-78(11,12)13)71(97)84(16)60(40-48(4)5)76(102)90(62)45-54/h21-22,24-27,31-34,47-51,54-62,64-66,91H,20,23,28-30,35-46H2,1-19H3,(H,79,93)(H,80,94)(H,81,95)/t51-,54-,55+,56+,57+,58+,59+,60+,61+,62+,64+,65+,66+/m1/s1. The zero-order valence-electron chi connectivity index (χ0n) is 65.8. The zero-order chi connectivity index (χ0) is 78.2. The summed E-state index contributed by atoms with van der Waals surface area (Å²) in [5.74, 6) is -10.1. The molecular formula is C78H122N12O15. The summed E-state index contributed by atoms with van der Waals surface area (Å²) in [5, 5.41) is 20.2. The predicted molar refractivity (Wildman–Crippen MR) is 397 cm³/mol. The number of benzene rings is 2. The second kappa shape index (κ2) is 38.5. The Morgan fingerprint density at radius 3 is 1.51 bits per heavy atom. The quantitative estimate of drug-likeness (QED) is 0.185. The number of amides is 12. The molecule has 4 saturated heterocycles. The van der Waals surface area contributed by atoms with Crippen molar-refractivity contribution in [1.82, 2.24) is 60.0 Å². The molecule has 0 spiro atoms. The van der Waals surface area contributed by atoms with Crippen LogP contribution in [0.1, 0.15) is 159 Å². The topological polar surface area (TPSA) is 309 Å². The largest absolute Gasteiger partial charge is 0.391 e. The van der Waals surface area contributed by atoms with Crippen molar-refractivity contribution in [2.24, 2.45) is 23.7 Å². The number of likely N-dealkylation sites (N-methyl/N-ethyl adjacent to an activating group) is 6. The maximum atomic E-state index is 15.7. The van der Waals surface area contributed by atoms with Crippen LogP contribution in [0.15, 0.2) is 60.7 Å². The number of fused-ring (bicyclic) bond motifs is 2. The van der Waals surface area contributed by atoms with E-state index in [-0.39, 0.29) is 76.7 Å². The normalized spacial score (nSPS) is 27.2. The van der Waals surface area contributed by atoms with Crippen LogP contribution in [-0.2, 0) is 79.8 Å². The molecule has 12 amide bonds. The predicted octanol–water partition coefficient (Wildman–Crippen LogP) is 3.90. The molecule has 0 aliphatic carbocycles. The first-order valence-corrected chi connectivity index (χ1v) is 37.7. The van der Waals surface area contributed by atoms with Crippen LogP contribution in [0.4, 0.5) is 0 Å². The van der Waals surface area contributed by atoms with Crippen molar-refractivity contribution in [1.29, 1.82) is 0 Å². The number of nitrogens with zero attached hydrogens (tertiary/aromatic N) is 9. The Hall–Kier alpha value is -8.04. The maximum Gasteiger partial charge on any atom is 0.248 e. The lowest BCUT2D eigenvalue weighted by molar-refractivity contribution is -0.155. The molecule has 2 aromatic carbocycles. The van der Waals surface area contributed by atoms with Gasteiger partial charge in [0.15, 0.2) is 0 Å². The number of nitrogens with one attached hydrogen (secondary N) is 3. The number of likely N-dealkylation sites (tertiary alicyclic amines) is 1. The highest BCUT2D eigenvalue weighted by Crippen LogP contribution is 2.30. The molecule has 4 heterocycles. The van der Waals surface area contributed by atoms with Crippen molar-refractivity contribution in [3.8, 4) is 0 Å². The molecule has 27 heteroatoms. The van der Waals surface area contributed by atoms with E-state index < -0.39 is 173 Å². The van der Waals surface area contributed by atoms with Gasteiger partial charge >= 0.3 is 0 Å². The number of hydrogen-bond acceptors (Lipinski definition) is 15. The fourth-order valence-electron chi connectivity index (χ4n) is 15.0. The van der Waals surface area contributed by atoms with Crippen LogP contribution in [-0.4, -0.2) is 286 Å². The van der Waals surface area contributed by atoms with Crippen molar-refractivity contribution in [3.05, 3.63) is 71.8 Å². The number of aliphatic hydroxyl groups is 1. The van der Waals surface area contributed by atoms with Crippen molar-refractivity contribution in [3.63, 3.8) is 0 Å². The van der Waals surface area contributed by atoms with Gasteiger partial charge in [0.2, 0.25) is 70.9 Å². The summed E-state index contributed by atoms with van der Waals surface area (Å²) in [6, 6.07) is 2.76. The Balaban J connectivity index is 1.53. The number of hydrogen-bond donors (Lipinski definition) is 4. The lowest BCUT2D eigenvalue weighted by Gasteiger charge is -2.40. The molecule has 4 fully saturated rings. The molecule has 0 unspecified atom stereocenters. The van der Waals surface area contributed by atoms with Gasteiger partial charge in [0.1, 0.15) is 66.5 Å². The van der Waals surface area contributed by atoms with Crippen molar-refractivity contribution in [2.45, 2.75) is 245 Å². The van der Waals surface area contributed by atoms with E-state index in [0.29, 0.717) is 43.5 Å². The van der Waals surface area contributed by atoms with Gasteiger partial charge in [0.25, 0.3) is 0 Å². The van der Waals surface area contributed by atoms with E-state index in [2.05, 4.69) is 16.0 Å². The summed E-state index contributed by atoms with van der Waals surface area (Å²) in [6.45, 7) is 23.3. The van der Waals surface area contributed by atoms with Crippen molar-refractivity contribution < 1.29 is 72.1 Å². The van der Waals surface area contributed by atoms with E-state index in [1.54, 1.807) is 121 Å². The van der Waals surface area contributed by atoms with Crippen molar-refractivity contribution >= 4 is 70.9 Å². The lowest BCUT2D eigenvalue weighted by atomic mass is 9.97. The zero-order valence-corrected chi connectivity index (χ0v) is 65.8. The molecule has 0 bridgehead atoms. The van der Waals surface area contributed by atoms with E-state index in [1.807, 2.05) is 27.7 Å². The van der Waals surface area contributed by atoms with Gasteiger partial charge in [-0.25, -0.2) is 0 Å². The summed E-state index contributed by atoms with van der Waals surface area (Å²) in [5.41, 5.74) is 0.385. The fourth-order valence-corrected chi connectivity index (χ4v) is 15.0. The third kappa shape index (κ3) is 22.3. The Morgan fingerprint density at radius 1 is 0.524 bits per heavy atom. The Labute approximate surface area is 622 Å². The number of piperidine rings is 1. The first-order valence-electron chi connectivity index (χ1n) is 37.7. The van der Waals surface area contributed by atoms with E-state index in [0.717, 1.165) is 11.3 Å². The summed E-state index contributed by atoms with van der Waals surface area (Å²) >= 11 is 0. The summed E-state index contributed by atoms with van der Waals surface area (Å²) in [6.07, 6.45) is -0.0692. The monoisotopic (exact) mass is 1470 g/mol. The molecule has 13 atom stereocenters. The number of aliphatic hydroxyl groups excluding tert-OH is 1. The van der Waals surface area contributed by atoms with Gasteiger partial charge in [-0.1, -0.05) is 116 Å². The van der Waals surface area contributed by atoms with Gasteiger partial charge < -0.3 is 74.6 Å². The molecule has 105 heavy (non-hydrogen) atoms. The van der Waals surface area contributed by atoms with Crippen LogP contribution < -0.4 is 16.0 Å². The van der Waals surface area contributed by atoms with Crippen LogP contribution in [0.2, 0.25) is 0 Å². The van der Waals surface area contributed by atoms with Gasteiger partial charge in [0.05, 0.1) is 30.8 Å². The average Bonchev–Trinajstić information content (AvgIpc) is 1.75. The SMILES string of the molecule is CCO[C@@H]1C[C@H]2C(=O)N(C)[C@@H](C(C)C)C(=O)N[C@@H]([C@@H](C)O)C(=O)N(C)[C@@H](Cc3ccccc3)C(=O)N[C@@H](Cc3ccccc3)C(=O)N(C)[C@@H](CC(C)C)C(=O)N(C)[C@H](C(=O)N3CCCCC3)CC(=O)N3CCC[C@H]3C(=O)N(C)[C@@H](C(C)C)C(=O)N[C@@H](COC(C)(C)C)C(=O)N(C)[C@@H](CC(C)C)C(=O)N2C1. The Bertz CT molecular complexity index is 3320. The van der Waals surface area contributed by atoms with E-state index >= 15 is 57.5 Å². The number of rotatable bonds is 16. The molecule has 584 valence electrons. The molecule has 0 radical (unpaired) electrons. The molecule has 6 rings (SSSR count). The second-order valence-electron chi connectivity index (χ2n) is 31.7. The Kier molecular flexibility index (Phi) is 31.5. The summed E-state index contributed by atoms with van der Waals surface area (Å²) in [4.78, 5) is 196. The summed E-state index contributed by atoms with van der Waals surface area (Å²) < 4.78 is 12.3. The van der Waals surface area contributed by atoms with Crippen LogP contribution in [0.25, 0.3) is 0 Å². The van der Waals surface area contributed by atoms with Gasteiger partial charge in [-0.2, -0.15) is 0 Å². The van der Waals surface area contributed by atoms with Gasteiger partial charge in [-0.3, -0.25) is 57.5 Å². The summed E-state index contributed by atoms with van der Waals surface area (Å²) in [7, 11) is 8.51. The van der Waals surface area contributed by atoms with E-state index in [1.165, 1.54) is 83.5 Å². The molecule has 0 aromatic heterocycles. The van der Waals surface area contributed by atoms with Crippen molar-refractivity contribution in [2.75, 3.05) is 81.7 Å². The van der Waals surface area contributed by atoms with E-state index in [9.17, 15) is 5.11 Å². The highest BCUT2D eigenvalue weighted by Gasteiger charge is 2.50. The third-order valence-electron chi connectivity index (χ3n) is 20.8. The number of carbonyl (C=O) groups excluding carboxylic acids is 12. The van der Waals surface area contributed by atoms with Crippen LogP contribution in [0.5, 0.6) is 0 Å². The molecule has 2 aromatic rings. The first-order chi connectivity index (χ1) is 49.3. The minimum atomic E-state index is -1.73. The highest BCUT2D eigenvalue weighted by molar-refractivity contribution is 6.01. The molecule has 4 N–H and O–H groups in total. The van der Waals surface area contributed by atoms with Crippen LogP contribution >= 0.6 is 0 Å². The van der Waals surface area contributed by atoms with Gasteiger partial charge in [-0.05, 0) is 114 Å². The number of carbonyl (C=O) groups is 12. The van der Waals surface area contributed by atoms with Gasteiger partial charge in [0, 0.05) is 94.3 Å². The second-order valence-corrected chi connectivity index (χ2v) is 31.7. The highest BCUT2D eigenvalue weighted by atomic mass is 16.5. The lowest BCUT2D eigenvalue weighted by Crippen LogP contribution is -2.63. The Morgan fingerprint density at radius 2 is 1.01 bits per heavy atom. The van der Waals surface area contributed by atoms with Crippen LogP contribution in [0.3, 0.4) is 0 Å².